The number of hydrogen-bond acceptors (Lipinski definition) is 4. The standard InChI is InChI=1S/C17H19Cl2N3O3/c1-22(10-20)16(23)12-3-5-13(6-4-12)21-17(24)25-9-11-2-7-14(18)15(19)8-11/h2,7-8,12-13H,3-6,9H2,1H3,(H,21,24)/t12-,13-. The summed E-state index contributed by atoms with van der Waals surface area (Å²) < 4.78 is 5.19. The summed E-state index contributed by atoms with van der Waals surface area (Å²) in [6.07, 6.45) is 3.96. The van der Waals surface area contributed by atoms with Crippen molar-refractivity contribution in [3.05, 3.63) is 33.8 Å². The van der Waals surface area contributed by atoms with Gasteiger partial charge in [0, 0.05) is 19.0 Å². The van der Waals surface area contributed by atoms with Crippen LogP contribution in [0.1, 0.15) is 31.2 Å². The maximum atomic E-state index is 11.9. The van der Waals surface area contributed by atoms with E-state index >= 15 is 0 Å². The maximum Gasteiger partial charge on any atom is 0.407 e. The van der Waals surface area contributed by atoms with Crippen LogP contribution in [-0.4, -0.2) is 30.0 Å². The lowest BCUT2D eigenvalue weighted by Crippen LogP contribution is -2.40. The molecule has 1 aromatic carbocycles. The molecule has 0 aromatic heterocycles. The average molecular weight is 384 g/mol. The van der Waals surface area contributed by atoms with Gasteiger partial charge in [0.05, 0.1) is 10.0 Å². The number of nitrogens with one attached hydrogen (secondary N) is 1. The predicted octanol–water partition coefficient (Wildman–Crippen LogP) is 3.72. The van der Waals surface area contributed by atoms with E-state index in [9.17, 15) is 9.59 Å². The summed E-state index contributed by atoms with van der Waals surface area (Å²) in [5, 5.41) is 12.4. The second-order valence-electron chi connectivity index (χ2n) is 6.01. The van der Waals surface area contributed by atoms with Gasteiger partial charge in [0.25, 0.3) is 0 Å². The largest absolute Gasteiger partial charge is 0.445 e. The van der Waals surface area contributed by atoms with Crippen LogP contribution in [0, 0.1) is 17.4 Å². The van der Waals surface area contributed by atoms with Crippen molar-refractivity contribution in [2.24, 2.45) is 5.92 Å². The minimum atomic E-state index is -0.505. The number of rotatable bonds is 4. The van der Waals surface area contributed by atoms with Crippen molar-refractivity contribution in [1.82, 2.24) is 10.2 Å². The van der Waals surface area contributed by atoms with Gasteiger partial charge in [-0.2, -0.15) is 5.26 Å². The molecular formula is C17H19Cl2N3O3. The van der Waals surface area contributed by atoms with Crippen LogP contribution in [0.2, 0.25) is 10.0 Å². The van der Waals surface area contributed by atoms with E-state index in [0.29, 0.717) is 35.7 Å². The first-order valence-corrected chi connectivity index (χ1v) is 8.70. The molecule has 1 N–H and O–H groups in total. The molecule has 8 heteroatoms. The second kappa shape index (κ2) is 8.93. The number of carbonyl (C=O) groups excluding carboxylic acids is 2. The quantitative estimate of drug-likeness (QED) is 0.634. The predicted molar refractivity (Wildman–Crippen MR) is 93.9 cm³/mol. The molecule has 134 valence electrons. The Morgan fingerprint density at radius 3 is 2.56 bits per heavy atom. The van der Waals surface area contributed by atoms with Gasteiger partial charge in [-0.15, -0.1) is 0 Å². The Labute approximate surface area is 156 Å². The van der Waals surface area contributed by atoms with Crippen LogP contribution in [0.5, 0.6) is 0 Å². The summed E-state index contributed by atoms with van der Waals surface area (Å²) in [6, 6.07) is 5.01. The molecule has 0 radical (unpaired) electrons. The number of carbonyl (C=O) groups is 2. The zero-order valence-corrected chi connectivity index (χ0v) is 15.3. The van der Waals surface area contributed by atoms with Gasteiger partial charge in [-0.3, -0.25) is 9.69 Å². The SMILES string of the molecule is CN(C#N)C(=O)[C@H]1CC[C@H](NC(=O)OCc2ccc(Cl)c(Cl)c2)CC1. The fourth-order valence-electron chi connectivity index (χ4n) is 2.79. The summed E-state index contributed by atoms with van der Waals surface area (Å²) in [6.45, 7) is 0.101. The number of hydrogen-bond donors (Lipinski definition) is 1. The van der Waals surface area contributed by atoms with E-state index in [0.717, 1.165) is 10.5 Å². The van der Waals surface area contributed by atoms with E-state index in [-0.39, 0.29) is 24.5 Å². The van der Waals surface area contributed by atoms with Crippen LogP contribution in [0.4, 0.5) is 4.79 Å². The minimum Gasteiger partial charge on any atom is -0.445 e. The first-order valence-electron chi connectivity index (χ1n) is 7.95. The van der Waals surface area contributed by atoms with Crippen molar-refractivity contribution < 1.29 is 14.3 Å². The number of alkyl carbamates (subject to hydrolysis) is 1. The number of amides is 2. The van der Waals surface area contributed by atoms with E-state index in [1.54, 1.807) is 18.2 Å². The molecule has 1 aromatic rings. The summed E-state index contributed by atoms with van der Waals surface area (Å²) in [7, 11) is 1.47. The maximum absolute atomic E-state index is 11.9. The average Bonchev–Trinajstić information content (AvgIpc) is 2.62. The van der Waals surface area contributed by atoms with Crippen molar-refractivity contribution in [2.45, 2.75) is 38.3 Å². The van der Waals surface area contributed by atoms with Gasteiger partial charge in [-0.25, -0.2) is 4.79 Å². The number of nitriles is 1. The van der Waals surface area contributed by atoms with Crippen molar-refractivity contribution in [2.75, 3.05) is 7.05 Å². The van der Waals surface area contributed by atoms with E-state index in [1.165, 1.54) is 7.05 Å². The lowest BCUT2D eigenvalue weighted by molar-refractivity contribution is -0.132. The Kier molecular flexibility index (Phi) is 6.91. The Bertz CT molecular complexity index is 682. The highest BCUT2D eigenvalue weighted by Crippen LogP contribution is 2.26. The van der Waals surface area contributed by atoms with Crippen LogP contribution in [-0.2, 0) is 16.1 Å². The van der Waals surface area contributed by atoms with Crippen LogP contribution in [0.25, 0.3) is 0 Å². The first-order chi connectivity index (χ1) is 11.9. The molecule has 6 nitrogen and oxygen atoms in total. The summed E-state index contributed by atoms with van der Waals surface area (Å²) in [5.74, 6) is -0.321. The topological polar surface area (TPSA) is 82.4 Å². The molecule has 2 rings (SSSR count). The molecule has 0 aliphatic heterocycles. The Morgan fingerprint density at radius 1 is 1.28 bits per heavy atom. The lowest BCUT2D eigenvalue weighted by Gasteiger charge is -2.28. The zero-order valence-electron chi connectivity index (χ0n) is 13.8. The van der Waals surface area contributed by atoms with Crippen molar-refractivity contribution in [3.63, 3.8) is 0 Å². The highest BCUT2D eigenvalue weighted by atomic mass is 35.5. The van der Waals surface area contributed by atoms with E-state index in [4.69, 9.17) is 33.2 Å². The summed E-state index contributed by atoms with van der Waals surface area (Å²) in [4.78, 5) is 24.9. The number of benzene rings is 1. The van der Waals surface area contributed by atoms with E-state index in [2.05, 4.69) is 5.32 Å². The van der Waals surface area contributed by atoms with Crippen LogP contribution < -0.4 is 5.32 Å². The zero-order chi connectivity index (χ0) is 18.4. The molecule has 1 fully saturated rings. The normalized spacial score (nSPS) is 19.6. The minimum absolute atomic E-state index is 0.0299. The summed E-state index contributed by atoms with van der Waals surface area (Å²) >= 11 is 11.8. The highest BCUT2D eigenvalue weighted by molar-refractivity contribution is 6.42. The van der Waals surface area contributed by atoms with Crippen molar-refractivity contribution in [3.8, 4) is 6.19 Å². The van der Waals surface area contributed by atoms with Gasteiger partial charge >= 0.3 is 6.09 Å². The molecule has 0 spiro atoms. The molecule has 0 bridgehead atoms. The monoisotopic (exact) mass is 383 g/mol. The molecule has 0 unspecified atom stereocenters. The molecule has 1 saturated carbocycles. The first kappa shape index (κ1) is 19.4. The van der Waals surface area contributed by atoms with Gasteiger partial charge < -0.3 is 10.1 Å². The molecule has 0 heterocycles. The molecule has 1 aliphatic carbocycles. The lowest BCUT2D eigenvalue weighted by atomic mass is 9.85. The molecular weight excluding hydrogens is 365 g/mol. The Balaban J connectivity index is 1.74. The third-order valence-electron chi connectivity index (χ3n) is 4.23. The highest BCUT2D eigenvalue weighted by Gasteiger charge is 2.29. The molecule has 2 amide bonds. The van der Waals surface area contributed by atoms with Gasteiger partial charge in [0.1, 0.15) is 6.61 Å². The molecule has 25 heavy (non-hydrogen) atoms. The Hall–Kier alpha value is -1.97. The fraction of sp³-hybridized carbons (Fsp3) is 0.471. The van der Waals surface area contributed by atoms with Crippen LogP contribution in [0.3, 0.4) is 0 Å². The Morgan fingerprint density at radius 2 is 1.96 bits per heavy atom. The number of halogens is 2. The van der Waals surface area contributed by atoms with Gasteiger partial charge in [0.2, 0.25) is 5.91 Å². The van der Waals surface area contributed by atoms with Crippen LogP contribution >= 0.6 is 23.2 Å². The molecule has 1 aliphatic rings. The number of ether oxygens (including phenoxy) is 1. The molecule has 0 saturated heterocycles. The van der Waals surface area contributed by atoms with Gasteiger partial charge in [-0.05, 0) is 43.4 Å². The summed E-state index contributed by atoms with van der Waals surface area (Å²) in [5.41, 5.74) is 0.749. The molecule has 0 atom stereocenters. The second-order valence-corrected chi connectivity index (χ2v) is 6.83. The van der Waals surface area contributed by atoms with Crippen molar-refractivity contribution >= 4 is 35.2 Å². The van der Waals surface area contributed by atoms with Gasteiger partial charge in [-0.1, -0.05) is 29.3 Å². The van der Waals surface area contributed by atoms with Crippen LogP contribution in [0.15, 0.2) is 18.2 Å². The third kappa shape index (κ3) is 5.52. The third-order valence-corrected chi connectivity index (χ3v) is 4.97. The number of nitrogens with zero attached hydrogens (tertiary/aromatic N) is 2. The van der Waals surface area contributed by atoms with Gasteiger partial charge in [0.15, 0.2) is 6.19 Å². The fourth-order valence-corrected chi connectivity index (χ4v) is 3.12. The van der Waals surface area contributed by atoms with E-state index in [1.807, 2.05) is 6.19 Å². The smallest absolute Gasteiger partial charge is 0.407 e. The van der Waals surface area contributed by atoms with Crippen molar-refractivity contribution in [1.29, 1.82) is 5.26 Å². The van der Waals surface area contributed by atoms with E-state index < -0.39 is 6.09 Å².